The lowest BCUT2D eigenvalue weighted by Gasteiger charge is -2.43. The summed E-state index contributed by atoms with van der Waals surface area (Å²) in [5.74, 6) is 0.0438. The molecule has 0 spiro atoms. The summed E-state index contributed by atoms with van der Waals surface area (Å²) in [6.45, 7) is 23.6. The molecule has 0 aliphatic carbocycles. The van der Waals surface area contributed by atoms with E-state index in [1.807, 2.05) is 99.6 Å². The first-order valence-electron chi connectivity index (χ1n) is 12.0. The average molecular weight is 459 g/mol. The molecular weight excluding hydrogens is 412 g/mol. The average Bonchev–Trinajstić information content (AvgIpc) is 2.69. The van der Waals surface area contributed by atoms with E-state index in [-0.39, 0.29) is 17.5 Å². The molecule has 0 amide bonds. The van der Waals surface area contributed by atoms with Crippen LogP contribution in [-0.4, -0.2) is 29.4 Å². The van der Waals surface area contributed by atoms with Gasteiger partial charge < -0.3 is 9.47 Å². The number of hydrogen-bond donors (Lipinski definition) is 0. The van der Waals surface area contributed by atoms with Gasteiger partial charge in [-0.05, 0) is 53.0 Å². The summed E-state index contributed by atoms with van der Waals surface area (Å²) in [7, 11) is 0. The first kappa shape index (κ1) is 29.3. The molecule has 0 bridgehead atoms. The van der Waals surface area contributed by atoms with E-state index < -0.39 is 28.1 Å². The van der Waals surface area contributed by atoms with Gasteiger partial charge in [-0.2, -0.15) is 0 Å². The zero-order valence-corrected chi connectivity index (χ0v) is 22.6. The summed E-state index contributed by atoms with van der Waals surface area (Å²) in [6, 6.07) is 9.62. The molecule has 0 fully saturated rings. The van der Waals surface area contributed by atoms with Gasteiger partial charge in [0.2, 0.25) is 0 Å². The molecule has 0 aliphatic rings. The summed E-state index contributed by atoms with van der Waals surface area (Å²) in [5.41, 5.74) is -1.65. The predicted octanol–water partition coefficient (Wildman–Crippen LogP) is 7.13. The Morgan fingerprint density at radius 1 is 0.909 bits per heavy atom. The van der Waals surface area contributed by atoms with Gasteiger partial charge in [0.15, 0.2) is 5.78 Å². The molecule has 0 saturated carbocycles. The maximum atomic E-state index is 13.9. The fraction of sp³-hybridized carbons (Fsp3) is 0.655. The van der Waals surface area contributed by atoms with Gasteiger partial charge >= 0.3 is 0 Å². The minimum absolute atomic E-state index is 0.0259. The van der Waals surface area contributed by atoms with Crippen molar-refractivity contribution in [1.82, 2.24) is 0 Å². The second-order valence-corrected chi connectivity index (χ2v) is 12.0. The number of rotatable bonds is 12. The normalized spacial score (nSPS) is 15.1. The van der Waals surface area contributed by atoms with Gasteiger partial charge in [0, 0.05) is 17.9 Å². The molecule has 2 unspecified atom stereocenters. The molecule has 0 N–H and O–H groups in total. The zero-order chi connectivity index (χ0) is 25.7. The first-order valence-corrected chi connectivity index (χ1v) is 12.0. The van der Waals surface area contributed by atoms with E-state index in [1.165, 1.54) is 0 Å². The third-order valence-electron chi connectivity index (χ3n) is 6.42. The highest BCUT2D eigenvalue weighted by molar-refractivity contribution is 5.90. The molecule has 33 heavy (non-hydrogen) atoms. The highest BCUT2D eigenvalue weighted by Crippen LogP contribution is 2.41. The number of Topliss-reactive ketones (excluding diaryl/α,β-unsaturated/α-hetero) is 2. The lowest BCUT2D eigenvalue weighted by molar-refractivity contribution is -0.169. The summed E-state index contributed by atoms with van der Waals surface area (Å²) in [5, 5.41) is 0. The number of carbonyl (C=O) groups excluding carboxylic acids is 2. The van der Waals surface area contributed by atoms with Gasteiger partial charge in [-0.1, -0.05) is 71.0 Å². The first-order chi connectivity index (χ1) is 14.9. The number of carbonyl (C=O) groups is 2. The van der Waals surface area contributed by atoms with Crippen LogP contribution >= 0.6 is 0 Å². The number of allylic oxidation sites excluding steroid dienone is 1. The van der Waals surface area contributed by atoms with Crippen LogP contribution in [-0.2, 0) is 19.1 Å². The highest BCUT2D eigenvalue weighted by Gasteiger charge is 2.48. The largest absolute Gasteiger partial charge is 0.375 e. The van der Waals surface area contributed by atoms with Crippen LogP contribution in [0.2, 0.25) is 0 Å². The minimum atomic E-state index is -0.833. The molecule has 0 radical (unpaired) electrons. The van der Waals surface area contributed by atoms with Crippen LogP contribution in [0, 0.1) is 16.7 Å². The fourth-order valence-electron chi connectivity index (χ4n) is 3.69. The van der Waals surface area contributed by atoms with Crippen molar-refractivity contribution >= 4 is 11.6 Å². The van der Waals surface area contributed by atoms with Crippen molar-refractivity contribution in [2.45, 2.75) is 99.4 Å². The topological polar surface area (TPSA) is 52.6 Å². The Morgan fingerprint density at radius 3 is 1.91 bits per heavy atom. The number of ether oxygens (including phenoxy) is 2. The van der Waals surface area contributed by atoms with Crippen LogP contribution in [0.3, 0.4) is 0 Å². The van der Waals surface area contributed by atoms with Crippen LogP contribution in [0.4, 0.5) is 0 Å². The van der Waals surface area contributed by atoms with E-state index in [0.29, 0.717) is 19.4 Å². The van der Waals surface area contributed by atoms with E-state index in [0.717, 1.165) is 5.56 Å². The lowest BCUT2D eigenvalue weighted by Crippen LogP contribution is -2.50. The molecule has 0 heterocycles. The molecule has 0 aromatic heterocycles. The van der Waals surface area contributed by atoms with Crippen molar-refractivity contribution < 1.29 is 19.1 Å². The maximum Gasteiger partial charge on any atom is 0.174 e. The van der Waals surface area contributed by atoms with Crippen LogP contribution in [0.15, 0.2) is 43.0 Å². The van der Waals surface area contributed by atoms with Crippen molar-refractivity contribution in [3.05, 3.63) is 48.6 Å². The molecule has 4 heteroatoms. The van der Waals surface area contributed by atoms with Gasteiger partial charge in [-0.25, -0.2) is 0 Å². The second-order valence-electron chi connectivity index (χ2n) is 12.0. The standard InChI is InChI=1S/C29H46O4/c1-12-16-22(24(30)26(2,3)4)19-20-32-29(10,11)28(8,9)25(31)23(33-27(5,6)7)21-17-14-13-15-18-21/h12-15,17-18,22-23H,1,16,19-20H2,2-11H3. The SMILES string of the molecule is C=CCC(CCOC(C)(C)C(C)(C)C(=O)C(OC(C)(C)C)c1ccccc1)C(=O)C(C)(C)C. The number of ketones is 2. The predicted molar refractivity (Wildman–Crippen MR) is 136 cm³/mol. The fourth-order valence-corrected chi connectivity index (χ4v) is 3.69. The number of hydrogen-bond acceptors (Lipinski definition) is 4. The quantitative estimate of drug-likeness (QED) is 0.313. The van der Waals surface area contributed by atoms with Crippen molar-refractivity contribution in [2.24, 2.45) is 16.7 Å². The molecule has 0 saturated heterocycles. The third-order valence-corrected chi connectivity index (χ3v) is 6.42. The minimum Gasteiger partial charge on any atom is -0.375 e. The zero-order valence-electron chi connectivity index (χ0n) is 22.6. The van der Waals surface area contributed by atoms with Crippen LogP contribution in [0.25, 0.3) is 0 Å². The van der Waals surface area contributed by atoms with E-state index in [2.05, 4.69) is 6.58 Å². The number of benzene rings is 1. The Bertz CT molecular complexity index is 791. The summed E-state index contributed by atoms with van der Waals surface area (Å²) in [6.07, 6.45) is 2.31. The Kier molecular flexibility index (Phi) is 9.84. The lowest BCUT2D eigenvalue weighted by atomic mass is 9.71. The molecule has 1 aromatic carbocycles. The Balaban J connectivity index is 3.06. The smallest absolute Gasteiger partial charge is 0.174 e. The van der Waals surface area contributed by atoms with Crippen molar-refractivity contribution in [2.75, 3.05) is 6.61 Å². The van der Waals surface area contributed by atoms with Crippen molar-refractivity contribution in [1.29, 1.82) is 0 Å². The molecule has 186 valence electrons. The van der Waals surface area contributed by atoms with E-state index in [4.69, 9.17) is 9.47 Å². The molecule has 4 nitrogen and oxygen atoms in total. The van der Waals surface area contributed by atoms with Crippen LogP contribution in [0.5, 0.6) is 0 Å². The van der Waals surface area contributed by atoms with Gasteiger partial charge in [-0.3, -0.25) is 9.59 Å². The molecular formula is C29H46O4. The second kappa shape index (κ2) is 11.1. The van der Waals surface area contributed by atoms with Crippen molar-refractivity contribution in [3.63, 3.8) is 0 Å². The Morgan fingerprint density at radius 2 is 1.45 bits per heavy atom. The maximum absolute atomic E-state index is 13.9. The molecule has 2 atom stereocenters. The highest BCUT2D eigenvalue weighted by atomic mass is 16.5. The third kappa shape index (κ3) is 8.19. The van der Waals surface area contributed by atoms with Gasteiger partial charge in [0.25, 0.3) is 0 Å². The monoisotopic (exact) mass is 458 g/mol. The van der Waals surface area contributed by atoms with Gasteiger partial charge in [0.05, 0.1) is 16.6 Å². The molecule has 1 aromatic rings. The van der Waals surface area contributed by atoms with Gasteiger partial charge in [0.1, 0.15) is 11.9 Å². The van der Waals surface area contributed by atoms with Crippen LogP contribution < -0.4 is 0 Å². The van der Waals surface area contributed by atoms with E-state index in [9.17, 15) is 9.59 Å². The van der Waals surface area contributed by atoms with E-state index in [1.54, 1.807) is 6.08 Å². The summed E-state index contributed by atoms with van der Waals surface area (Å²) >= 11 is 0. The Labute approximate surface area is 202 Å². The van der Waals surface area contributed by atoms with Crippen molar-refractivity contribution in [3.8, 4) is 0 Å². The molecule has 1 rings (SSSR count). The summed E-state index contributed by atoms with van der Waals surface area (Å²) < 4.78 is 12.6. The molecule has 0 aliphatic heterocycles. The van der Waals surface area contributed by atoms with E-state index >= 15 is 0 Å². The Hall–Kier alpha value is -1.78. The summed E-state index contributed by atoms with van der Waals surface area (Å²) in [4.78, 5) is 26.7. The van der Waals surface area contributed by atoms with Crippen LogP contribution in [0.1, 0.15) is 93.7 Å². The van der Waals surface area contributed by atoms with Gasteiger partial charge in [-0.15, -0.1) is 6.58 Å².